The number of nitrogens with one attached hydrogen (secondary N) is 1. The minimum absolute atomic E-state index is 0.428. The summed E-state index contributed by atoms with van der Waals surface area (Å²) in [6.45, 7) is 10.5. The number of para-hydroxylation sites is 2. The molecule has 0 radical (unpaired) electrons. The van der Waals surface area contributed by atoms with E-state index in [1.165, 1.54) is 19.6 Å². The largest absolute Gasteiger partial charge is 0.411 e. The third kappa shape index (κ3) is 6.65. The average Bonchev–Trinajstić information content (AvgIpc) is 2.59. The third-order valence-corrected chi connectivity index (χ3v) is 4.08. The van der Waals surface area contributed by atoms with Crippen molar-refractivity contribution in [2.45, 2.75) is 20.8 Å². The molecule has 1 N–H and O–H groups in total. The van der Waals surface area contributed by atoms with Crippen LogP contribution in [0.1, 0.15) is 20.8 Å². The topological polar surface area (TPSA) is 7.68 Å². The van der Waals surface area contributed by atoms with Crippen LogP contribution in [0.25, 0.3) is 0 Å². The Bertz CT molecular complexity index is 509. The lowest BCUT2D eigenvalue weighted by Gasteiger charge is -2.28. The van der Waals surface area contributed by atoms with Crippen LogP contribution in [-0.2, 0) is 12.6 Å². The fraction of sp³-hybridized carbons (Fsp3) is 0.316. The Hall–Kier alpha value is -1.49. The molecule has 0 aromatic heterocycles. The lowest BCUT2D eigenvalue weighted by Crippen LogP contribution is -3.11. The smallest absolute Gasteiger partial charge is 0.0742 e. The monoisotopic (exact) mass is 346 g/mol. The van der Waals surface area contributed by atoms with E-state index >= 15 is 0 Å². The quantitative estimate of drug-likeness (QED) is 0.654. The molecule has 0 spiro atoms. The first-order valence-electron chi connectivity index (χ1n) is 8.08. The van der Waals surface area contributed by atoms with Crippen molar-refractivity contribution in [3.63, 3.8) is 0 Å². The second-order valence-electron chi connectivity index (χ2n) is 5.08. The van der Waals surface area contributed by atoms with E-state index in [2.05, 4.69) is 20.8 Å². The Morgan fingerprint density at radius 3 is 1.39 bits per heavy atom. The lowest BCUT2D eigenvalue weighted by molar-refractivity contribution is -0.894. The summed E-state index contributed by atoms with van der Waals surface area (Å²) in [6, 6.07) is 19.8. The zero-order chi connectivity index (χ0) is 17.1. The minimum Gasteiger partial charge on any atom is -0.411 e. The van der Waals surface area contributed by atoms with Gasteiger partial charge in [0, 0.05) is 11.4 Å². The molecular weight excluding hydrogens is 320 g/mol. The van der Waals surface area contributed by atoms with E-state index in [0.29, 0.717) is 4.32 Å². The van der Waals surface area contributed by atoms with E-state index < -0.39 is 0 Å². The van der Waals surface area contributed by atoms with Gasteiger partial charge in [0.1, 0.15) is 0 Å². The van der Waals surface area contributed by atoms with Crippen LogP contribution in [0, 0.1) is 0 Å². The molecule has 4 heteroatoms. The van der Waals surface area contributed by atoms with Gasteiger partial charge in [0.15, 0.2) is 0 Å². The van der Waals surface area contributed by atoms with Gasteiger partial charge in [-0.3, -0.25) is 0 Å². The molecule has 0 amide bonds. The molecule has 124 valence electrons. The summed E-state index contributed by atoms with van der Waals surface area (Å²) in [5.74, 6) is 0. The summed E-state index contributed by atoms with van der Waals surface area (Å²) >= 11 is 10.2. The summed E-state index contributed by atoms with van der Waals surface area (Å²) in [5, 5.41) is 0. The molecule has 23 heavy (non-hydrogen) atoms. The van der Waals surface area contributed by atoms with E-state index in [9.17, 15) is 0 Å². The maximum absolute atomic E-state index is 5.12. The fourth-order valence-corrected chi connectivity index (χ4v) is 2.69. The summed E-state index contributed by atoms with van der Waals surface area (Å²) in [4.78, 5) is 3.56. The Morgan fingerprint density at radius 2 is 1.17 bits per heavy atom. The van der Waals surface area contributed by atoms with Crippen LogP contribution in [-0.4, -0.2) is 24.0 Å². The first-order valence-corrected chi connectivity index (χ1v) is 8.90. The van der Waals surface area contributed by atoms with Crippen molar-refractivity contribution in [3.8, 4) is 0 Å². The van der Waals surface area contributed by atoms with Gasteiger partial charge in [0.2, 0.25) is 0 Å². The number of thiocarbonyl (C=S) groups is 1. The van der Waals surface area contributed by atoms with Crippen molar-refractivity contribution in [2.75, 3.05) is 24.5 Å². The number of benzene rings is 2. The van der Waals surface area contributed by atoms with Gasteiger partial charge in [-0.2, -0.15) is 0 Å². The Labute approximate surface area is 151 Å². The van der Waals surface area contributed by atoms with Crippen LogP contribution in [0.2, 0.25) is 0 Å². The van der Waals surface area contributed by atoms with Crippen LogP contribution in [0.3, 0.4) is 0 Å². The van der Waals surface area contributed by atoms with Gasteiger partial charge in [-0.25, -0.2) is 0 Å². The van der Waals surface area contributed by atoms with Crippen LogP contribution >= 0.6 is 12.2 Å². The van der Waals surface area contributed by atoms with Crippen molar-refractivity contribution >= 4 is 40.5 Å². The molecule has 0 fully saturated rings. The highest BCUT2D eigenvalue weighted by atomic mass is 32.1. The van der Waals surface area contributed by atoms with Crippen LogP contribution in [0.4, 0.5) is 11.4 Å². The standard InChI is InChI=1S/C13H11NS2.C6H15N/c15-13(16)14(11-7-3-1-4-8-11)12-9-5-2-6-10-12;1-4-7(5-2)6-3/h1-10H,(H,15,16);4-6H2,1-3H3. The highest BCUT2D eigenvalue weighted by Gasteiger charge is 2.05. The van der Waals surface area contributed by atoms with E-state index in [4.69, 9.17) is 24.8 Å². The van der Waals surface area contributed by atoms with Gasteiger partial charge >= 0.3 is 0 Å². The summed E-state index contributed by atoms with van der Waals surface area (Å²) in [7, 11) is 0. The average molecular weight is 347 g/mol. The number of quaternary nitrogens is 1. The number of rotatable bonds is 5. The summed E-state index contributed by atoms with van der Waals surface area (Å²) in [5.41, 5.74) is 1.99. The molecule has 0 aliphatic rings. The molecule has 0 heterocycles. The molecule has 2 aromatic rings. The maximum Gasteiger partial charge on any atom is 0.0742 e. The van der Waals surface area contributed by atoms with E-state index in [-0.39, 0.29) is 0 Å². The summed E-state index contributed by atoms with van der Waals surface area (Å²) < 4.78 is 0.428. The zero-order valence-electron chi connectivity index (χ0n) is 14.2. The third-order valence-electron chi connectivity index (χ3n) is 3.71. The fourth-order valence-electron chi connectivity index (χ4n) is 2.26. The second-order valence-corrected chi connectivity index (χ2v) is 6.11. The Morgan fingerprint density at radius 1 is 0.826 bits per heavy atom. The highest BCUT2D eigenvalue weighted by molar-refractivity contribution is 8.00. The van der Waals surface area contributed by atoms with Crippen LogP contribution < -0.4 is 9.80 Å². The number of anilines is 2. The first kappa shape index (κ1) is 19.6. The van der Waals surface area contributed by atoms with Gasteiger partial charge in [-0.05, 0) is 45.0 Å². The Kier molecular flexibility index (Phi) is 9.45. The van der Waals surface area contributed by atoms with E-state index in [1.54, 1.807) is 4.90 Å². The highest BCUT2D eigenvalue weighted by Crippen LogP contribution is 2.24. The molecule has 0 bridgehead atoms. The van der Waals surface area contributed by atoms with Crippen LogP contribution in [0.15, 0.2) is 60.7 Å². The van der Waals surface area contributed by atoms with E-state index in [0.717, 1.165) is 11.4 Å². The normalized spacial score (nSPS) is 9.91. The molecule has 0 saturated heterocycles. The molecular formula is C19H26N2S2. The number of hydrogen-bond acceptors (Lipinski definition) is 2. The van der Waals surface area contributed by atoms with Crippen molar-refractivity contribution in [1.82, 2.24) is 0 Å². The van der Waals surface area contributed by atoms with Crippen molar-refractivity contribution < 1.29 is 4.90 Å². The molecule has 2 nitrogen and oxygen atoms in total. The van der Waals surface area contributed by atoms with Gasteiger partial charge < -0.3 is 34.6 Å². The minimum atomic E-state index is 0.428. The maximum atomic E-state index is 5.12. The zero-order valence-corrected chi connectivity index (χ0v) is 15.8. The van der Waals surface area contributed by atoms with Crippen LogP contribution in [0.5, 0.6) is 0 Å². The van der Waals surface area contributed by atoms with Crippen molar-refractivity contribution in [3.05, 3.63) is 60.7 Å². The predicted octanol–water partition coefficient (Wildman–Crippen LogP) is 3.59. The van der Waals surface area contributed by atoms with Gasteiger partial charge in [0.25, 0.3) is 0 Å². The van der Waals surface area contributed by atoms with E-state index in [1.807, 2.05) is 65.6 Å². The molecule has 0 saturated carbocycles. The van der Waals surface area contributed by atoms with Crippen molar-refractivity contribution in [2.24, 2.45) is 0 Å². The predicted molar refractivity (Wildman–Crippen MR) is 108 cm³/mol. The van der Waals surface area contributed by atoms with Crippen molar-refractivity contribution in [1.29, 1.82) is 0 Å². The number of nitrogens with zero attached hydrogens (tertiary/aromatic N) is 1. The number of hydrogen-bond donors (Lipinski definition) is 1. The first-order chi connectivity index (χ1) is 11.1. The molecule has 0 unspecified atom stereocenters. The second kappa shape index (κ2) is 11.1. The Balaban J connectivity index is 0.000000322. The molecule has 0 aliphatic carbocycles. The molecule has 2 rings (SSSR count). The SMILES string of the molecule is CC[NH+](CC)CC.S=C([S-])N(c1ccccc1)c1ccccc1. The molecule has 0 atom stereocenters. The van der Waals surface area contributed by atoms with Gasteiger partial charge in [-0.1, -0.05) is 40.7 Å². The lowest BCUT2D eigenvalue weighted by atomic mass is 10.2. The van der Waals surface area contributed by atoms with Gasteiger partial charge in [0.05, 0.1) is 19.6 Å². The van der Waals surface area contributed by atoms with Gasteiger partial charge in [-0.15, -0.1) is 0 Å². The molecule has 2 aromatic carbocycles. The molecule has 0 aliphatic heterocycles. The summed E-state index contributed by atoms with van der Waals surface area (Å²) in [6.07, 6.45) is 0.